The zero-order valence-electron chi connectivity index (χ0n) is 17.0. The number of hydrogen-bond acceptors (Lipinski definition) is 4. The summed E-state index contributed by atoms with van der Waals surface area (Å²) in [6, 6.07) is 12.8. The van der Waals surface area contributed by atoms with Crippen LogP contribution >= 0.6 is 11.6 Å². The maximum Gasteiger partial charge on any atom is 0.264 e. The molecule has 162 valence electrons. The van der Waals surface area contributed by atoms with Gasteiger partial charge in [-0.25, -0.2) is 8.42 Å². The number of rotatable bonds is 7. The van der Waals surface area contributed by atoms with Crippen LogP contribution in [0.5, 0.6) is 5.75 Å². The van der Waals surface area contributed by atoms with Crippen LogP contribution in [0.4, 0.5) is 5.69 Å². The van der Waals surface area contributed by atoms with Crippen LogP contribution in [0.15, 0.2) is 53.4 Å². The molecule has 0 aliphatic heterocycles. The van der Waals surface area contributed by atoms with E-state index in [1.165, 1.54) is 38.2 Å². The first-order valence-electron chi connectivity index (χ1n) is 10.1. The third-order valence-corrected chi connectivity index (χ3v) is 7.26. The first-order chi connectivity index (χ1) is 14.4. The molecule has 2 aromatic rings. The Morgan fingerprint density at radius 1 is 1.10 bits per heavy atom. The molecule has 1 fully saturated rings. The fraction of sp³-hybridized carbons (Fsp3) is 0.409. The van der Waals surface area contributed by atoms with Gasteiger partial charge in [-0.15, -0.1) is 0 Å². The van der Waals surface area contributed by atoms with Crippen molar-refractivity contribution >= 4 is 33.2 Å². The van der Waals surface area contributed by atoms with Crippen LogP contribution in [0.3, 0.4) is 0 Å². The van der Waals surface area contributed by atoms with Crippen molar-refractivity contribution in [3.8, 4) is 5.75 Å². The van der Waals surface area contributed by atoms with Crippen LogP contribution in [0.25, 0.3) is 0 Å². The molecule has 2 aromatic carbocycles. The van der Waals surface area contributed by atoms with Gasteiger partial charge in [0.05, 0.1) is 17.7 Å². The van der Waals surface area contributed by atoms with Gasteiger partial charge < -0.3 is 10.1 Å². The highest BCUT2D eigenvalue weighted by molar-refractivity contribution is 7.92. The number of halogens is 1. The smallest absolute Gasteiger partial charge is 0.264 e. The largest absolute Gasteiger partial charge is 0.495 e. The second-order valence-electron chi connectivity index (χ2n) is 7.40. The number of methoxy groups -OCH3 is 1. The summed E-state index contributed by atoms with van der Waals surface area (Å²) in [5.74, 6) is -0.0235. The molecule has 1 saturated carbocycles. The van der Waals surface area contributed by atoms with Gasteiger partial charge in [-0.2, -0.15) is 0 Å². The van der Waals surface area contributed by atoms with Crippen molar-refractivity contribution < 1.29 is 17.9 Å². The molecule has 0 bridgehead atoms. The molecule has 1 aliphatic rings. The average Bonchev–Trinajstić information content (AvgIpc) is 3.01. The van der Waals surface area contributed by atoms with Crippen molar-refractivity contribution in [1.29, 1.82) is 0 Å². The maximum absolute atomic E-state index is 13.4. The van der Waals surface area contributed by atoms with Gasteiger partial charge in [0.15, 0.2) is 0 Å². The SMILES string of the molecule is COc1ccc(Cl)cc1N(CC(=O)NC1CCCCCC1)S(=O)(=O)c1ccccc1. The van der Waals surface area contributed by atoms with Crippen LogP contribution in [-0.2, 0) is 14.8 Å². The lowest BCUT2D eigenvalue weighted by atomic mass is 10.1. The molecule has 0 atom stereocenters. The Morgan fingerprint density at radius 3 is 2.40 bits per heavy atom. The zero-order valence-corrected chi connectivity index (χ0v) is 18.6. The number of anilines is 1. The molecule has 0 radical (unpaired) electrons. The number of nitrogens with one attached hydrogen (secondary N) is 1. The third kappa shape index (κ3) is 5.46. The van der Waals surface area contributed by atoms with Crippen molar-refractivity contribution in [2.75, 3.05) is 18.0 Å². The van der Waals surface area contributed by atoms with E-state index in [4.69, 9.17) is 16.3 Å². The molecule has 1 N–H and O–H groups in total. The Kier molecular flexibility index (Phi) is 7.61. The van der Waals surface area contributed by atoms with E-state index in [0.717, 1.165) is 30.0 Å². The molecule has 0 saturated heterocycles. The molecule has 0 unspecified atom stereocenters. The van der Waals surface area contributed by atoms with Gasteiger partial charge in [-0.05, 0) is 43.2 Å². The molecule has 1 amide bonds. The summed E-state index contributed by atoms with van der Waals surface area (Å²) in [7, 11) is -2.56. The summed E-state index contributed by atoms with van der Waals surface area (Å²) in [5, 5.41) is 3.37. The van der Waals surface area contributed by atoms with Gasteiger partial charge in [0, 0.05) is 11.1 Å². The highest BCUT2D eigenvalue weighted by atomic mass is 35.5. The average molecular weight is 451 g/mol. The minimum Gasteiger partial charge on any atom is -0.495 e. The monoisotopic (exact) mass is 450 g/mol. The highest BCUT2D eigenvalue weighted by Gasteiger charge is 2.30. The number of hydrogen-bond donors (Lipinski definition) is 1. The number of ether oxygens (including phenoxy) is 1. The normalized spacial score (nSPS) is 15.3. The summed E-state index contributed by atoms with van der Waals surface area (Å²) in [6.45, 7) is -0.357. The fourth-order valence-electron chi connectivity index (χ4n) is 3.70. The Labute approximate surface area is 183 Å². The topological polar surface area (TPSA) is 75.7 Å². The molecule has 0 heterocycles. The molecule has 0 spiro atoms. The first kappa shape index (κ1) is 22.4. The lowest BCUT2D eigenvalue weighted by Crippen LogP contribution is -2.44. The third-order valence-electron chi connectivity index (χ3n) is 5.25. The molecular formula is C22H27ClN2O4S. The van der Waals surface area contributed by atoms with Gasteiger partial charge in [0.2, 0.25) is 5.91 Å². The van der Waals surface area contributed by atoms with E-state index in [1.807, 2.05) is 0 Å². The standard InChI is InChI=1S/C22H27ClN2O4S/c1-29-21-14-13-17(23)15-20(21)25(30(27,28)19-11-7-4-8-12-19)16-22(26)24-18-9-5-2-3-6-10-18/h4,7-8,11-15,18H,2-3,5-6,9-10,16H2,1H3,(H,24,26). The Balaban J connectivity index is 1.94. The second kappa shape index (κ2) is 10.2. The Morgan fingerprint density at radius 2 is 1.77 bits per heavy atom. The van der Waals surface area contributed by atoms with Gasteiger partial charge >= 0.3 is 0 Å². The summed E-state index contributed by atoms with van der Waals surface area (Å²) in [6.07, 6.45) is 6.30. The van der Waals surface area contributed by atoms with Crippen molar-refractivity contribution in [2.24, 2.45) is 0 Å². The molecule has 0 aromatic heterocycles. The van der Waals surface area contributed by atoms with E-state index in [-0.39, 0.29) is 29.1 Å². The molecule has 8 heteroatoms. The first-order valence-corrected chi connectivity index (χ1v) is 11.9. The number of carbonyl (C=O) groups is 1. The van der Waals surface area contributed by atoms with Crippen LogP contribution in [0.2, 0.25) is 5.02 Å². The number of sulfonamides is 1. The number of amides is 1. The number of benzene rings is 2. The summed E-state index contributed by atoms with van der Waals surface area (Å²) in [4.78, 5) is 13.0. The highest BCUT2D eigenvalue weighted by Crippen LogP contribution is 2.34. The molecule has 3 rings (SSSR count). The number of nitrogens with zero attached hydrogens (tertiary/aromatic N) is 1. The van der Waals surface area contributed by atoms with Crippen LogP contribution in [0, 0.1) is 0 Å². The fourth-order valence-corrected chi connectivity index (χ4v) is 5.32. The zero-order chi connectivity index (χ0) is 21.6. The minimum absolute atomic E-state index is 0.0718. The van der Waals surface area contributed by atoms with Gasteiger partial charge in [0.25, 0.3) is 10.0 Å². The molecule has 6 nitrogen and oxygen atoms in total. The Hall–Kier alpha value is -2.25. The predicted molar refractivity (Wildman–Crippen MR) is 119 cm³/mol. The summed E-state index contributed by atoms with van der Waals surface area (Å²) >= 11 is 6.15. The van der Waals surface area contributed by atoms with Crippen molar-refractivity contribution in [1.82, 2.24) is 5.32 Å². The summed E-state index contributed by atoms with van der Waals surface area (Å²) < 4.78 is 33.3. The number of carbonyl (C=O) groups excluding carboxylic acids is 1. The predicted octanol–water partition coefficient (Wildman–Crippen LogP) is 4.38. The van der Waals surface area contributed by atoms with E-state index in [1.54, 1.807) is 30.3 Å². The lowest BCUT2D eigenvalue weighted by Gasteiger charge is -2.27. The molecule has 30 heavy (non-hydrogen) atoms. The molecule has 1 aliphatic carbocycles. The maximum atomic E-state index is 13.4. The molecular weight excluding hydrogens is 424 g/mol. The quantitative estimate of drug-likeness (QED) is 0.635. The van der Waals surface area contributed by atoms with E-state index < -0.39 is 10.0 Å². The van der Waals surface area contributed by atoms with Crippen LogP contribution in [0.1, 0.15) is 38.5 Å². The van der Waals surface area contributed by atoms with Crippen molar-refractivity contribution in [2.45, 2.75) is 49.5 Å². The second-order valence-corrected chi connectivity index (χ2v) is 9.70. The summed E-state index contributed by atoms with van der Waals surface area (Å²) in [5.41, 5.74) is 0.227. The lowest BCUT2D eigenvalue weighted by molar-refractivity contribution is -0.120. The Bertz CT molecular complexity index is 958. The van der Waals surface area contributed by atoms with Crippen molar-refractivity contribution in [3.05, 3.63) is 53.6 Å². The van der Waals surface area contributed by atoms with Crippen LogP contribution in [-0.4, -0.2) is 34.0 Å². The van der Waals surface area contributed by atoms with E-state index in [9.17, 15) is 13.2 Å². The van der Waals surface area contributed by atoms with E-state index in [2.05, 4.69) is 5.32 Å². The van der Waals surface area contributed by atoms with Crippen molar-refractivity contribution in [3.63, 3.8) is 0 Å². The van der Waals surface area contributed by atoms with Crippen LogP contribution < -0.4 is 14.4 Å². The van der Waals surface area contributed by atoms with Gasteiger partial charge in [0.1, 0.15) is 12.3 Å². The van der Waals surface area contributed by atoms with Gasteiger partial charge in [-0.1, -0.05) is 55.5 Å². The minimum atomic E-state index is -4.01. The van der Waals surface area contributed by atoms with Gasteiger partial charge in [-0.3, -0.25) is 9.10 Å². The van der Waals surface area contributed by atoms with E-state index >= 15 is 0 Å². The van der Waals surface area contributed by atoms with E-state index in [0.29, 0.717) is 10.8 Å².